The lowest BCUT2D eigenvalue weighted by Crippen LogP contribution is -2.49. The van der Waals surface area contributed by atoms with Gasteiger partial charge in [0, 0.05) is 31.9 Å². The number of methoxy groups -OCH3 is 1. The van der Waals surface area contributed by atoms with Crippen LogP contribution in [0.25, 0.3) is 0 Å². The maximum atomic E-state index is 13.1. The van der Waals surface area contributed by atoms with E-state index in [4.69, 9.17) is 4.74 Å². The summed E-state index contributed by atoms with van der Waals surface area (Å²) in [5.41, 5.74) is 1.66. The van der Waals surface area contributed by atoms with E-state index < -0.39 is 6.10 Å². The molecule has 1 aromatic heterocycles. The quantitative estimate of drug-likeness (QED) is 0.651. The number of aliphatic hydroxyl groups excluding tert-OH is 1. The summed E-state index contributed by atoms with van der Waals surface area (Å²) >= 11 is 0. The SMILES string of the molecule is COc1ccc(C(O)Cn2cnc(C(=O)N3CCN(c4ccc(F)cc4)CC3)n2)cc1. The number of aromatic nitrogens is 3. The first kappa shape index (κ1) is 20.8. The molecule has 9 heteroatoms. The van der Waals surface area contributed by atoms with Crippen LogP contribution in [-0.2, 0) is 6.54 Å². The Morgan fingerprint density at radius 3 is 2.42 bits per heavy atom. The van der Waals surface area contributed by atoms with Crippen molar-refractivity contribution in [2.45, 2.75) is 12.6 Å². The van der Waals surface area contributed by atoms with E-state index in [9.17, 15) is 14.3 Å². The standard InChI is InChI=1S/C22H24FN5O3/c1-31-19-8-2-16(3-9-19)20(29)14-28-15-24-21(25-28)22(30)27-12-10-26(11-13-27)18-6-4-17(23)5-7-18/h2-9,15,20,29H,10-14H2,1H3. The second-order valence-corrected chi connectivity index (χ2v) is 7.33. The molecule has 0 bridgehead atoms. The molecule has 1 aliphatic heterocycles. The number of anilines is 1. The first-order valence-corrected chi connectivity index (χ1v) is 10.0. The summed E-state index contributed by atoms with van der Waals surface area (Å²) in [5, 5.41) is 14.7. The Hall–Kier alpha value is -3.46. The Balaban J connectivity index is 1.33. The number of hydrogen-bond donors (Lipinski definition) is 1. The molecule has 2 heterocycles. The number of benzene rings is 2. The van der Waals surface area contributed by atoms with Gasteiger partial charge in [0.15, 0.2) is 0 Å². The second-order valence-electron chi connectivity index (χ2n) is 7.33. The van der Waals surface area contributed by atoms with Gasteiger partial charge in [-0.3, -0.25) is 4.79 Å². The van der Waals surface area contributed by atoms with Crippen LogP contribution in [0.3, 0.4) is 0 Å². The molecule has 1 aliphatic rings. The number of hydrogen-bond acceptors (Lipinski definition) is 6. The van der Waals surface area contributed by atoms with Gasteiger partial charge in [-0.25, -0.2) is 14.1 Å². The molecule has 3 aromatic rings. The maximum Gasteiger partial charge on any atom is 0.293 e. The van der Waals surface area contributed by atoms with Crippen molar-refractivity contribution < 1.29 is 19.0 Å². The minimum absolute atomic E-state index is 0.108. The first-order chi connectivity index (χ1) is 15.0. The van der Waals surface area contributed by atoms with E-state index in [1.54, 1.807) is 48.4 Å². The van der Waals surface area contributed by atoms with Crippen LogP contribution in [0.4, 0.5) is 10.1 Å². The third-order valence-corrected chi connectivity index (χ3v) is 5.35. The van der Waals surface area contributed by atoms with Crippen molar-refractivity contribution in [3.05, 3.63) is 72.1 Å². The van der Waals surface area contributed by atoms with Crippen LogP contribution in [0.1, 0.15) is 22.3 Å². The van der Waals surface area contributed by atoms with Crippen molar-refractivity contribution in [1.82, 2.24) is 19.7 Å². The normalized spacial score (nSPS) is 15.1. The molecule has 162 valence electrons. The molecule has 0 radical (unpaired) electrons. The molecule has 1 N–H and O–H groups in total. The second kappa shape index (κ2) is 9.13. The van der Waals surface area contributed by atoms with E-state index in [1.807, 2.05) is 0 Å². The van der Waals surface area contributed by atoms with Gasteiger partial charge in [0.1, 0.15) is 17.9 Å². The number of ether oxygens (including phenoxy) is 1. The van der Waals surface area contributed by atoms with Crippen molar-refractivity contribution in [3.8, 4) is 5.75 Å². The summed E-state index contributed by atoms with van der Waals surface area (Å²) in [6, 6.07) is 13.5. The van der Waals surface area contributed by atoms with Crippen LogP contribution in [0.5, 0.6) is 5.75 Å². The molecule has 31 heavy (non-hydrogen) atoms. The van der Waals surface area contributed by atoms with Crippen LogP contribution in [0, 0.1) is 5.82 Å². The lowest BCUT2D eigenvalue weighted by Gasteiger charge is -2.35. The van der Waals surface area contributed by atoms with E-state index >= 15 is 0 Å². The van der Waals surface area contributed by atoms with E-state index in [1.165, 1.54) is 23.1 Å². The van der Waals surface area contributed by atoms with E-state index in [2.05, 4.69) is 15.0 Å². The van der Waals surface area contributed by atoms with Crippen LogP contribution < -0.4 is 9.64 Å². The average Bonchev–Trinajstić information content (AvgIpc) is 3.27. The lowest BCUT2D eigenvalue weighted by atomic mass is 10.1. The van der Waals surface area contributed by atoms with Crippen LogP contribution in [-0.4, -0.2) is 64.0 Å². The molecule has 0 saturated carbocycles. The van der Waals surface area contributed by atoms with E-state index in [-0.39, 0.29) is 24.1 Å². The van der Waals surface area contributed by atoms with Gasteiger partial charge in [-0.15, -0.1) is 5.10 Å². The topological polar surface area (TPSA) is 83.7 Å². The Morgan fingerprint density at radius 1 is 1.10 bits per heavy atom. The molecule has 1 unspecified atom stereocenters. The number of carbonyl (C=O) groups is 1. The molecule has 0 spiro atoms. The molecule has 4 rings (SSSR count). The zero-order valence-electron chi connectivity index (χ0n) is 17.2. The zero-order valence-corrected chi connectivity index (χ0v) is 17.2. The predicted molar refractivity (Wildman–Crippen MR) is 112 cm³/mol. The van der Waals surface area contributed by atoms with Crippen molar-refractivity contribution >= 4 is 11.6 Å². The first-order valence-electron chi connectivity index (χ1n) is 10.0. The van der Waals surface area contributed by atoms with Crippen LogP contribution >= 0.6 is 0 Å². The largest absolute Gasteiger partial charge is 0.497 e. The fourth-order valence-corrected chi connectivity index (χ4v) is 3.55. The highest BCUT2D eigenvalue weighted by atomic mass is 19.1. The number of piperazine rings is 1. The van der Waals surface area contributed by atoms with Crippen LogP contribution in [0.15, 0.2) is 54.9 Å². The van der Waals surface area contributed by atoms with Gasteiger partial charge >= 0.3 is 0 Å². The molecule has 1 saturated heterocycles. The minimum atomic E-state index is -0.783. The van der Waals surface area contributed by atoms with Gasteiger partial charge in [-0.2, -0.15) is 0 Å². The van der Waals surface area contributed by atoms with Gasteiger partial charge < -0.3 is 19.6 Å². The molecule has 1 amide bonds. The molecule has 1 atom stereocenters. The zero-order chi connectivity index (χ0) is 21.8. The number of amides is 1. The monoisotopic (exact) mass is 425 g/mol. The minimum Gasteiger partial charge on any atom is -0.497 e. The number of halogens is 1. The molecule has 2 aromatic carbocycles. The Kier molecular flexibility index (Phi) is 6.13. The highest BCUT2D eigenvalue weighted by molar-refractivity contribution is 5.90. The third kappa shape index (κ3) is 4.83. The predicted octanol–water partition coefficient (Wildman–Crippen LogP) is 2.12. The van der Waals surface area contributed by atoms with Crippen molar-refractivity contribution in [3.63, 3.8) is 0 Å². The molecule has 8 nitrogen and oxygen atoms in total. The Labute approximate surface area is 179 Å². The van der Waals surface area contributed by atoms with Gasteiger partial charge in [0.2, 0.25) is 5.82 Å². The average molecular weight is 425 g/mol. The summed E-state index contributed by atoms with van der Waals surface area (Å²) in [6.45, 7) is 2.53. The summed E-state index contributed by atoms with van der Waals surface area (Å²) < 4.78 is 19.7. The number of nitrogens with zero attached hydrogens (tertiary/aromatic N) is 5. The molecular weight excluding hydrogens is 401 g/mol. The van der Waals surface area contributed by atoms with Gasteiger partial charge in [-0.1, -0.05) is 12.1 Å². The van der Waals surface area contributed by atoms with Crippen molar-refractivity contribution in [2.24, 2.45) is 0 Å². The Morgan fingerprint density at radius 2 is 1.77 bits per heavy atom. The van der Waals surface area contributed by atoms with Crippen LogP contribution in [0.2, 0.25) is 0 Å². The number of carbonyl (C=O) groups excluding carboxylic acids is 1. The highest BCUT2D eigenvalue weighted by Gasteiger charge is 2.25. The van der Waals surface area contributed by atoms with Crippen molar-refractivity contribution in [2.75, 3.05) is 38.2 Å². The molecule has 1 fully saturated rings. The summed E-state index contributed by atoms with van der Waals surface area (Å²) in [7, 11) is 1.59. The fourth-order valence-electron chi connectivity index (χ4n) is 3.55. The van der Waals surface area contributed by atoms with E-state index in [0.29, 0.717) is 31.9 Å². The Bertz CT molecular complexity index is 1010. The summed E-state index contributed by atoms with van der Waals surface area (Å²) in [6.07, 6.45) is 0.671. The number of rotatable bonds is 6. The highest BCUT2D eigenvalue weighted by Crippen LogP contribution is 2.20. The van der Waals surface area contributed by atoms with E-state index in [0.717, 1.165) is 11.3 Å². The smallest absolute Gasteiger partial charge is 0.293 e. The maximum absolute atomic E-state index is 13.1. The lowest BCUT2D eigenvalue weighted by molar-refractivity contribution is 0.0733. The molecule has 0 aliphatic carbocycles. The summed E-state index contributed by atoms with van der Waals surface area (Å²) in [4.78, 5) is 20.7. The number of aliphatic hydroxyl groups is 1. The molecular formula is C22H24FN5O3. The van der Waals surface area contributed by atoms with Gasteiger partial charge in [0.05, 0.1) is 19.8 Å². The van der Waals surface area contributed by atoms with Gasteiger partial charge in [0.25, 0.3) is 5.91 Å². The van der Waals surface area contributed by atoms with Gasteiger partial charge in [-0.05, 0) is 42.0 Å². The van der Waals surface area contributed by atoms with Crippen molar-refractivity contribution in [1.29, 1.82) is 0 Å². The fraction of sp³-hybridized carbons (Fsp3) is 0.318. The summed E-state index contributed by atoms with van der Waals surface area (Å²) in [5.74, 6) is 0.314. The third-order valence-electron chi connectivity index (χ3n) is 5.35.